The van der Waals surface area contributed by atoms with Crippen molar-refractivity contribution in [3.05, 3.63) is 0 Å². The molecule has 0 saturated heterocycles. The Bertz CT molecular complexity index is 395. The van der Waals surface area contributed by atoms with Crippen LogP contribution in [-0.4, -0.2) is 57.9 Å². The molecule has 0 spiro atoms. The summed E-state index contributed by atoms with van der Waals surface area (Å²) in [4.78, 5) is 12.7. The van der Waals surface area contributed by atoms with E-state index in [1.165, 1.54) is 0 Å². The van der Waals surface area contributed by atoms with Gasteiger partial charge in [0.25, 0.3) is 0 Å². The van der Waals surface area contributed by atoms with Crippen LogP contribution in [0.4, 0.5) is 11.9 Å². The molecule has 3 N–H and O–H groups in total. The van der Waals surface area contributed by atoms with Crippen LogP contribution in [0, 0.1) is 0 Å². The smallest absolute Gasteiger partial charge is 0.323 e. The number of ether oxygens (including phenoxy) is 1. The molecule has 0 radical (unpaired) electrons. The Morgan fingerprint density at radius 2 is 1.76 bits per heavy atom. The van der Waals surface area contributed by atoms with Gasteiger partial charge in [-0.1, -0.05) is 6.92 Å². The molecule has 0 saturated carbocycles. The van der Waals surface area contributed by atoms with Gasteiger partial charge in [0.15, 0.2) is 0 Å². The fourth-order valence-electron chi connectivity index (χ4n) is 1.45. The van der Waals surface area contributed by atoms with Gasteiger partial charge in [0, 0.05) is 25.4 Å². The molecule has 1 aromatic rings. The maximum Gasteiger partial charge on any atom is 0.323 e. The standard InChI is InChI=1S/C13H25N5O2S/c1-3-6-14-11-16-12(18-13(17-11)20-4-2)15-7-10-21-9-5-8-19/h19H,3-10H2,1-2H3,(H2,14,15,16,17,18). The van der Waals surface area contributed by atoms with Crippen LogP contribution in [0.2, 0.25) is 0 Å². The van der Waals surface area contributed by atoms with Crippen molar-refractivity contribution in [1.82, 2.24) is 15.0 Å². The Morgan fingerprint density at radius 1 is 1.05 bits per heavy atom. The number of aliphatic hydroxyl groups excluding tert-OH is 1. The Morgan fingerprint density at radius 3 is 2.38 bits per heavy atom. The number of nitrogens with zero attached hydrogens (tertiary/aromatic N) is 3. The highest BCUT2D eigenvalue weighted by molar-refractivity contribution is 7.99. The summed E-state index contributed by atoms with van der Waals surface area (Å²) in [5, 5.41) is 15.0. The monoisotopic (exact) mass is 315 g/mol. The van der Waals surface area contributed by atoms with Gasteiger partial charge in [-0.05, 0) is 25.5 Å². The summed E-state index contributed by atoms with van der Waals surface area (Å²) in [7, 11) is 0. The molecule has 0 aromatic carbocycles. The third-order valence-electron chi connectivity index (χ3n) is 2.40. The van der Waals surface area contributed by atoms with Crippen LogP contribution >= 0.6 is 11.8 Å². The third kappa shape index (κ3) is 7.91. The molecule has 1 aromatic heterocycles. The molecule has 0 aliphatic rings. The van der Waals surface area contributed by atoms with Crippen LogP contribution in [0.3, 0.4) is 0 Å². The van der Waals surface area contributed by atoms with Crippen LogP contribution in [0.25, 0.3) is 0 Å². The number of rotatable bonds is 12. The van der Waals surface area contributed by atoms with Crippen LogP contribution in [-0.2, 0) is 0 Å². The van der Waals surface area contributed by atoms with Crippen molar-refractivity contribution in [1.29, 1.82) is 0 Å². The van der Waals surface area contributed by atoms with E-state index in [0.717, 1.165) is 37.4 Å². The summed E-state index contributed by atoms with van der Waals surface area (Å²) in [6.07, 6.45) is 1.83. The summed E-state index contributed by atoms with van der Waals surface area (Å²) in [6, 6.07) is 0.335. The van der Waals surface area contributed by atoms with E-state index in [2.05, 4.69) is 32.5 Å². The summed E-state index contributed by atoms with van der Waals surface area (Å²) < 4.78 is 5.35. The van der Waals surface area contributed by atoms with Gasteiger partial charge in [0.2, 0.25) is 11.9 Å². The average molecular weight is 315 g/mol. The molecular formula is C13H25N5O2S. The average Bonchev–Trinajstić information content (AvgIpc) is 2.49. The van der Waals surface area contributed by atoms with Crippen molar-refractivity contribution in [3.63, 3.8) is 0 Å². The topological polar surface area (TPSA) is 92.2 Å². The van der Waals surface area contributed by atoms with Gasteiger partial charge in [-0.2, -0.15) is 26.7 Å². The maximum atomic E-state index is 8.71. The van der Waals surface area contributed by atoms with Crippen LogP contribution in [0.15, 0.2) is 0 Å². The van der Waals surface area contributed by atoms with Gasteiger partial charge in [-0.15, -0.1) is 0 Å². The van der Waals surface area contributed by atoms with E-state index in [-0.39, 0.29) is 6.61 Å². The van der Waals surface area contributed by atoms with Crippen molar-refractivity contribution >= 4 is 23.7 Å². The van der Waals surface area contributed by atoms with E-state index < -0.39 is 0 Å². The number of aliphatic hydroxyl groups is 1. The first-order valence-corrected chi connectivity index (χ1v) is 8.50. The fraction of sp³-hybridized carbons (Fsp3) is 0.769. The van der Waals surface area contributed by atoms with Crippen LogP contribution < -0.4 is 15.4 Å². The van der Waals surface area contributed by atoms with Crippen LogP contribution in [0.1, 0.15) is 26.7 Å². The zero-order valence-electron chi connectivity index (χ0n) is 12.8. The summed E-state index contributed by atoms with van der Waals surface area (Å²) in [6.45, 7) is 6.32. The summed E-state index contributed by atoms with van der Waals surface area (Å²) in [5.41, 5.74) is 0. The number of hydrogen-bond acceptors (Lipinski definition) is 8. The minimum Gasteiger partial charge on any atom is -0.464 e. The van der Waals surface area contributed by atoms with Gasteiger partial charge in [0.05, 0.1) is 6.61 Å². The molecule has 0 bridgehead atoms. The van der Waals surface area contributed by atoms with Crippen molar-refractivity contribution in [2.24, 2.45) is 0 Å². The quantitative estimate of drug-likeness (QED) is 0.501. The van der Waals surface area contributed by atoms with Gasteiger partial charge in [0.1, 0.15) is 0 Å². The lowest BCUT2D eigenvalue weighted by atomic mass is 10.5. The van der Waals surface area contributed by atoms with E-state index in [1.807, 2.05) is 6.92 Å². The van der Waals surface area contributed by atoms with Gasteiger partial charge < -0.3 is 20.5 Å². The fourth-order valence-corrected chi connectivity index (χ4v) is 2.23. The lowest BCUT2D eigenvalue weighted by Crippen LogP contribution is -2.13. The van der Waals surface area contributed by atoms with Gasteiger partial charge >= 0.3 is 6.01 Å². The molecule has 0 atom stereocenters. The molecule has 8 heteroatoms. The molecule has 0 fully saturated rings. The maximum absolute atomic E-state index is 8.71. The van der Waals surface area contributed by atoms with Gasteiger partial charge in [-0.25, -0.2) is 0 Å². The van der Waals surface area contributed by atoms with Gasteiger partial charge in [-0.3, -0.25) is 0 Å². The van der Waals surface area contributed by atoms with E-state index in [9.17, 15) is 0 Å². The van der Waals surface area contributed by atoms with Crippen molar-refractivity contribution in [2.45, 2.75) is 26.7 Å². The lowest BCUT2D eigenvalue weighted by molar-refractivity contribution is 0.296. The second kappa shape index (κ2) is 11.4. The molecule has 0 aliphatic heterocycles. The predicted octanol–water partition coefficient (Wildman–Crippen LogP) is 1.62. The summed E-state index contributed by atoms with van der Waals surface area (Å²) in [5.74, 6) is 2.96. The largest absolute Gasteiger partial charge is 0.464 e. The Hall–Kier alpha value is -1.28. The van der Waals surface area contributed by atoms with Crippen molar-refractivity contribution in [2.75, 3.05) is 48.4 Å². The Labute approximate surface area is 130 Å². The van der Waals surface area contributed by atoms with E-state index in [4.69, 9.17) is 9.84 Å². The van der Waals surface area contributed by atoms with E-state index >= 15 is 0 Å². The highest BCUT2D eigenvalue weighted by Gasteiger charge is 2.06. The number of thioether (sulfide) groups is 1. The Kier molecular flexibility index (Phi) is 9.64. The first-order valence-electron chi connectivity index (χ1n) is 7.35. The van der Waals surface area contributed by atoms with Crippen LogP contribution in [0.5, 0.6) is 6.01 Å². The molecule has 0 unspecified atom stereocenters. The molecule has 0 amide bonds. The highest BCUT2D eigenvalue weighted by atomic mass is 32.2. The molecule has 7 nitrogen and oxygen atoms in total. The molecule has 1 rings (SSSR count). The first kappa shape index (κ1) is 17.8. The van der Waals surface area contributed by atoms with Crippen molar-refractivity contribution in [3.8, 4) is 6.01 Å². The lowest BCUT2D eigenvalue weighted by Gasteiger charge is -2.09. The number of hydrogen-bond donors (Lipinski definition) is 3. The number of aromatic nitrogens is 3. The molecule has 120 valence electrons. The van der Waals surface area contributed by atoms with Crippen molar-refractivity contribution < 1.29 is 9.84 Å². The zero-order valence-corrected chi connectivity index (χ0v) is 13.6. The second-order valence-electron chi connectivity index (χ2n) is 4.24. The van der Waals surface area contributed by atoms with E-state index in [0.29, 0.717) is 24.5 Å². The SMILES string of the molecule is CCCNc1nc(NCCSCCCO)nc(OCC)n1. The molecule has 0 aliphatic carbocycles. The minimum atomic E-state index is 0.248. The van der Waals surface area contributed by atoms with E-state index in [1.54, 1.807) is 11.8 Å². The second-order valence-corrected chi connectivity index (χ2v) is 5.47. The summed E-state index contributed by atoms with van der Waals surface area (Å²) >= 11 is 1.79. The first-order chi connectivity index (χ1) is 10.3. The molecule has 1 heterocycles. The predicted molar refractivity (Wildman–Crippen MR) is 87.3 cm³/mol. The zero-order chi connectivity index (χ0) is 15.3. The molecular weight excluding hydrogens is 290 g/mol. The third-order valence-corrected chi connectivity index (χ3v) is 3.47. The number of nitrogens with one attached hydrogen (secondary N) is 2. The number of anilines is 2. The minimum absolute atomic E-state index is 0.248. The Balaban J connectivity index is 2.48. The molecule has 21 heavy (non-hydrogen) atoms. The normalized spacial score (nSPS) is 10.4. The highest BCUT2D eigenvalue weighted by Crippen LogP contribution is 2.11.